The second kappa shape index (κ2) is 3.62. The van der Waals surface area contributed by atoms with Crippen molar-refractivity contribution in [3.05, 3.63) is 35.1 Å². The van der Waals surface area contributed by atoms with Crippen LogP contribution in [0.5, 0.6) is 0 Å². The van der Waals surface area contributed by atoms with Crippen molar-refractivity contribution < 1.29 is 19.4 Å². The van der Waals surface area contributed by atoms with Crippen molar-refractivity contribution in [2.24, 2.45) is 5.92 Å². The molecule has 0 aliphatic heterocycles. The molecule has 0 radical (unpaired) electrons. The molecular weight excluding hydrogens is 199 g/mol. The van der Waals surface area contributed by atoms with E-state index in [-0.39, 0.29) is 6.42 Å². The van der Waals surface area contributed by atoms with Crippen LogP contribution in [0.15, 0.2) is 18.2 Å². The van der Waals surface area contributed by atoms with E-state index in [0.717, 1.165) is 5.56 Å². The molecule has 0 spiro atoms. The summed E-state index contributed by atoms with van der Waals surface area (Å²) >= 11 is 0. The van der Waals surface area contributed by atoms with Gasteiger partial charge >= 0.3 is 5.97 Å². The van der Waals surface area contributed by atoms with Gasteiger partial charge in [0, 0.05) is 0 Å². The second-order valence-electron chi connectivity index (χ2n) is 3.83. The minimum absolute atomic E-state index is 0.159. The lowest BCUT2D eigenvalue weighted by Crippen LogP contribution is -2.25. The summed E-state index contributed by atoms with van der Waals surface area (Å²) in [6.07, 6.45) is -0.348. The highest BCUT2D eigenvalue weighted by molar-refractivity contribution is 5.71. The highest BCUT2D eigenvalue weighted by atomic mass is 19.1. The van der Waals surface area contributed by atoms with Gasteiger partial charge in [0.1, 0.15) is 5.82 Å². The van der Waals surface area contributed by atoms with Crippen LogP contribution in [0.4, 0.5) is 4.39 Å². The first-order chi connectivity index (χ1) is 7.08. The van der Waals surface area contributed by atoms with Crippen LogP contribution in [-0.4, -0.2) is 16.2 Å². The van der Waals surface area contributed by atoms with E-state index in [4.69, 9.17) is 5.11 Å². The van der Waals surface area contributed by atoms with Gasteiger partial charge in [-0.3, -0.25) is 4.79 Å². The molecule has 1 aliphatic carbocycles. The van der Waals surface area contributed by atoms with Crippen molar-refractivity contribution in [3.8, 4) is 0 Å². The fourth-order valence-corrected chi connectivity index (χ4v) is 2.00. The van der Waals surface area contributed by atoms with E-state index in [1.807, 2.05) is 0 Å². The van der Waals surface area contributed by atoms with Gasteiger partial charge in [0.2, 0.25) is 0 Å². The molecule has 0 amide bonds. The normalized spacial score (nSPS) is 24.7. The summed E-state index contributed by atoms with van der Waals surface area (Å²) in [6, 6.07) is 4.11. The summed E-state index contributed by atoms with van der Waals surface area (Å²) < 4.78 is 12.9. The molecule has 1 aliphatic rings. The molecule has 2 atom stereocenters. The number of halogens is 1. The Kier molecular flexibility index (Phi) is 2.44. The van der Waals surface area contributed by atoms with Gasteiger partial charge in [-0.2, -0.15) is 0 Å². The van der Waals surface area contributed by atoms with Crippen LogP contribution >= 0.6 is 0 Å². The van der Waals surface area contributed by atoms with Crippen LogP contribution in [0.25, 0.3) is 0 Å². The zero-order valence-electron chi connectivity index (χ0n) is 7.98. The van der Waals surface area contributed by atoms with E-state index < -0.39 is 23.8 Å². The van der Waals surface area contributed by atoms with Gasteiger partial charge in [0.05, 0.1) is 12.0 Å². The van der Waals surface area contributed by atoms with Crippen LogP contribution in [0.2, 0.25) is 0 Å². The quantitative estimate of drug-likeness (QED) is 0.738. The standard InChI is InChI=1S/C11H11FO3/c12-8-2-1-6-3-7(11(14)15)4-10(13)9(6)5-8/h1-2,5,7,10,13H,3-4H2,(H,14,15). The van der Waals surface area contributed by atoms with E-state index in [2.05, 4.69) is 0 Å². The third kappa shape index (κ3) is 1.85. The topological polar surface area (TPSA) is 57.5 Å². The zero-order chi connectivity index (χ0) is 11.0. The van der Waals surface area contributed by atoms with Crippen molar-refractivity contribution in [2.75, 3.05) is 0 Å². The number of hydrogen-bond acceptors (Lipinski definition) is 2. The molecule has 0 bridgehead atoms. The van der Waals surface area contributed by atoms with Crippen molar-refractivity contribution in [1.29, 1.82) is 0 Å². The molecule has 0 fully saturated rings. The Hall–Kier alpha value is -1.42. The van der Waals surface area contributed by atoms with Crippen LogP contribution in [0, 0.1) is 11.7 Å². The molecule has 0 saturated heterocycles. The lowest BCUT2D eigenvalue weighted by Gasteiger charge is -2.25. The maximum Gasteiger partial charge on any atom is 0.306 e. The second-order valence-corrected chi connectivity index (χ2v) is 3.83. The van der Waals surface area contributed by atoms with Crippen LogP contribution < -0.4 is 0 Å². The average Bonchev–Trinajstić information content (AvgIpc) is 2.18. The molecule has 0 heterocycles. The number of fused-ring (bicyclic) bond motifs is 1. The Morgan fingerprint density at radius 2 is 2.20 bits per heavy atom. The van der Waals surface area contributed by atoms with Gasteiger partial charge < -0.3 is 10.2 Å². The number of aliphatic hydroxyl groups excluding tert-OH is 1. The summed E-state index contributed by atoms with van der Waals surface area (Å²) in [5, 5.41) is 18.5. The number of rotatable bonds is 1. The Bertz CT molecular complexity index is 403. The molecule has 3 nitrogen and oxygen atoms in total. The van der Waals surface area contributed by atoms with E-state index >= 15 is 0 Å². The summed E-state index contributed by atoms with van der Waals surface area (Å²) in [4.78, 5) is 10.8. The third-order valence-corrected chi connectivity index (χ3v) is 2.79. The van der Waals surface area contributed by atoms with Gasteiger partial charge in [0.15, 0.2) is 0 Å². The number of aliphatic carboxylic acids is 1. The molecule has 1 aromatic rings. The smallest absolute Gasteiger partial charge is 0.306 e. The predicted octanol–water partition coefficient (Wildman–Crippen LogP) is 1.51. The monoisotopic (exact) mass is 210 g/mol. The number of carbonyl (C=O) groups is 1. The number of benzene rings is 1. The lowest BCUT2D eigenvalue weighted by atomic mass is 9.82. The van der Waals surface area contributed by atoms with E-state index in [9.17, 15) is 14.3 Å². The number of aliphatic hydroxyl groups is 1. The minimum Gasteiger partial charge on any atom is -0.481 e. The molecule has 15 heavy (non-hydrogen) atoms. The van der Waals surface area contributed by atoms with Crippen LogP contribution in [0.3, 0.4) is 0 Å². The zero-order valence-corrected chi connectivity index (χ0v) is 7.98. The molecule has 1 aromatic carbocycles. The van der Waals surface area contributed by atoms with E-state index in [1.165, 1.54) is 12.1 Å². The maximum atomic E-state index is 12.9. The number of carboxylic acids is 1. The largest absolute Gasteiger partial charge is 0.481 e. The summed E-state index contributed by atoms with van der Waals surface area (Å²) in [6.45, 7) is 0. The SMILES string of the molecule is O=C(O)C1Cc2ccc(F)cc2C(O)C1. The van der Waals surface area contributed by atoms with E-state index in [1.54, 1.807) is 6.07 Å². The van der Waals surface area contributed by atoms with Crippen LogP contribution in [0.1, 0.15) is 23.7 Å². The average molecular weight is 210 g/mol. The molecule has 2 unspecified atom stereocenters. The first-order valence-electron chi connectivity index (χ1n) is 4.77. The van der Waals surface area contributed by atoms with Gasteiger partial charge in [-0.25, -0.2) is 4.39 Å². The molecule has 2 rings (SSSR count). The minimum atomic E-state index is -0.913. The molecule has 0 saturated carbocycles. The third-order valence-electron chi connectivity index (χ3n) is 2.79. The Morgan fingerprint density at radius 3 is 2.87 bits per heavy atom. The van der Waals surface area contributed by atoms with Gasteiger partial charge in [0.25, 0.3) is 0 Å². The highest BCUT2D eigenvalue weighted by Crippen LogP contribution is 2.33. The van der Waals surface area contributed by atoms with Crippen molar-refractivity contribution in [1.82, 2.24) is 0 Å². The molecular formula is C11H11FO3. The molecule has 80 valence electrons. The van der Waals surface area contributed by atoms with Gasteiger partial charge in [-0.1, -0.05) is 6.07 Å². The van der Waals surface area contributed by atoms with Gasteiger partial charge in [-0.05, 0) is 36.1 Å². The fourth-order valence-electron chi connectivity index (χ4n) is 2.00. The maximum absolute atomic E-state index is 12.9. The number of carboxylic acid groups (broad SMARTS) is 1. The highest BCUT2D eigenvalue weighted by Gasteiger charge is 2.29. The van der Waals surface area contributed by atoms with Crippen molar-refractivity contribution in [2.45, 2.75) is 18.9 Å². The van der Waals surface area contributed by atoms with Crippen molar-refractivity contribution >= 4 is 5.97 Å². The van der Waals surface area contributed by atoms with Gasteiger partial charge in [-0.15, -0.1) is 0 Å². The molecule has 4 heteroatoms. The first-order valence-corrected chi connectivity index (χ1v) is 4.77. The summed E-state index contributed by atoms with van der Waals surface area (Å²) in [5.41, 5.74) is 1.25. The Balaban J connectivity index is 2.36. The summed E-state index contributed by atoms with van der Waals surface area (Å²) in [5.74, 6) is -1.89. The lowest BCUT2D eigenvalue weighted by molar-refractivity contribution is -0.143. The van der Waals surface area contributed by atoms with E-state index in [0.29, 0.717) is 12.0 Å². The number of hydrogen-bond donors (Lipinski definition) is 2. The van der Waals surface area contributed by atoms with Crippen molar-refractivity contribution in [3.63, 3.8) is 0 Å². The Labute approximate surface area is 86.2 Å². The summed E-state index contributed by atoms with van der Waals surface area (Å²) in [7, 11) is 0. The van der Waals surface area contributed by atoms with Crippen LogP contribution in [-0.2, 0) is 11.2 Å². The molecule has 0 aromatic heterocycles. The fraction of sp³-hybridized carbons (Fsp3) is 0.364. The predicted molar refractivity (Wildman–Crippen MR) is 50.8 cm³/mol. The molecule has 2 N–H and O–H groups in total. The first kappa shape index (κ1) is 10.1. The Morgan fingerprint density at radius 1 is 1.47 bits per heavy atom.